The van der Waals surface area contributed by atoms with Gasteiger partial charge in [0.25, 0.3) is 0 Å². The van der Waals surface area contributed by atoms with Gasteiger partial charge in [0, 0.05) is 12.6 Å². The Labute approximate surface area is 69.9 Å². The Morgan fingerprint density at radius 3 is 3.17 bits per heavy atom. The van der Waals surface area contributed by atoms with Crippen LogP contribution in [0.15, 0.2) is 10.6 Å². The lowest BCUT2D eigenvalue weighted by Crippen LogP contribution is -2.34. The molecule has 0 radical (unpaired) electrons. The van der Waals surface area contributed by atoms with Crippen molar-refractivity contribution in [3.05, 3.63) is 11.8 Å². The molecule has 1 aliphatic rings. The van der Waals surface area contributed by atoms with Gasteiger partial charge in [0.1, 0.15) is 5.69 Å². The van der Waals surface area contributed by atoms with E-state index in [1.807, 2.05) is 0 Å². The van der Waals surface area contributed by atoms with E-state index in [4.69, 9.17) is 15.0 Å². The van der Waals surface area contributed by atoms with Crippen LogP contribution in [0.25, 0.3) is 0 Å². The van der Waals surface area contributed by atoms with Crippen molar-refractivity contribution in [3.8, 4) is 0 Å². The first-order valence-electron chi connectivity index (χ1n) is 3.89. The van der Waals surface area contributed by atoms with Crippen molar-refractivity contribution >= 4 is 5.88 Å². The van der Waals surface area contributed by atoms with Gasteiger partial charge in [-0.15, -0.1) is 0 Å². The van der Waals surface area contributed by atoms with E-state index in [9.17, 15) is 0 Å². The number of hydrogen-bond acceptors (Lipinski definition) is 5. The maximum atomic E-state index is 5.39. The van der Waals surface area contributed by atoms with E-state index in [1.165, 1.54) is 0 Å². The summed E-state index contributed by atoms with van der Waals surface area (Å²) in [5.41, 5.74) is 6.20. The molecule has 1 saturated heterocycles. The molecule has 1 aromatic rings. The molecule has 5 heteroatoms. The van der Waals surface area contributed by atoms with E-state index in [2.05, 4.69) is 10.5 Å². The predicted octanol–water partition coefficient (Wildman–Crippen LogP) is -0.0823. The fourth-order valence-corrected chi connectivity index (χ4v) is 1.22. The molecule has 0 bridgehead atoms. The molecule has 66 valence electrons. The van der Waals surface area contributed by atoms with E-state index in [-0.39, 0.29) is 6.04 Å². The molecule has 12 heavy (non-hydrogen) atoms. The van der Waals surface area contributed by atoms with Gasteiger partial charge in [-0.3, -0.25) is 0 Å². The van der Waals surface area contributed by atoms with Crippen molar-refractivity contribution in [1.29, 1.82) is 0 Å². The average Bonchev–Trinajstić information content (AvgIpc) is 2.54. The molecule has 2 rings (SSSR count). The Kier molecular flexibility index (Phi) is 1.97. The monoisotopic (exact) mass is 169 g/mol. The molecular formula is C7H11N3O2. The Balaban J connectivity index is 2.08. The Bertz CT molecular complexity index is 255. The fraction of sp³-hybridized carbons (Fsp3) is 0.571. The van der Waals surface area contributed by atoms with Gasteiger partial charge >= 0.3 is 0 Å². The van der Waals surface area contributed by atoms with Crippen LogP contribution in [0.5, 0.6) is 0 Å². The van der Waals surface area contributed by atoms with Crippen LogP contribution >= 0.6 is 0 Å². The van der Waals surface area contributed by atoms with Crippen molar-refractivity contribution < 1.29 is 9.26 Å². The molecule has 1 fully saturated rings. The minimum atomic E-state index is 0.125. The highest BCUT2D eigenvalue weighted by molar-refractivity contribution is 5.26. The molecule has 1 atom stereocenters. The van der Waals surface area contributed by atoms with Crippen molar-refractivity contribution in [2.75, 3.05) is 25.5 Å². The van der Waals surface area contributed by atoms with Crippen LogP contribution in [-0.2, 0) is 4.74 Å². The molecule has 0 spiro atoms. The highest BCUT2D eigenvalue weighted by Gasteiger charge is 2.18. The highest BCUT2D eigenvalue weighted by atomic mass is 16.5. The van der Waals surface area contributed by atoms with Gasteiger partial charge in [0.15, 0.2) is 0 Å². The summed E-state index contributed by atoms with van der Waals surface area (Å²) in [6, 6.07) is 1.84. The lowest BCUT2D eigenvalue weighted by atomic mass is 10.2. The molecule has 1 unspecified atom stereocenters. The quantitative estimate of drug-likeness (QED) is 0.615. The van der Waals surface area contributed by atoms with Gasteiger partial charge in [-0.25, -0.2) is 0 Å². The number of ether oxygens (including phenoxy) is 1. The number of nitrogens with zero attached hydrogens (tertiary/aromatic N) is 1. The van der Waals surface area contributed by atoms with Crippen molar-refractivity contribution in [3.63, 3.8) is 0 Å². The number of nitrogens with two attached hydrogens (primary N) is 1. The highest BCUT2D eigenvalue weighted by Crippen LogP contribution is 2.16. The van der Waals surface area contributed by atoms with Gasteiger partial charge in [-0.2, -0.15) is 0 Å². The second-order valence-electron chi connectivity index (χ2n) is 2.74. The molecule has 1 aliphatic heterocycles. The molecule has 0 saturated carbocycles. The Hall–Kier alpha value is -1.07. The number of anilines is 1. The van der Waals surface area contributed by atoms with Crippen LogP contribution in [0, 0.1) is 0 Å². The SMILES string of the molecule is Nc1cc(C2COCCN2)no1. The summed E-state index contributed by atoms with van der Waals surface area (Å²) in [7, 11) is 0. The number of rotatable bonds is 1. The first kappa shape index (κ1) is 7.57. The normalized spacial score (nSPS) is 24.2. The summed E-state index contributed by atoms with van der Waals surface area (Å²) in [6.45, 7) is 2.23. The predicted molar refractivity (Wildman–Crippen MR) is 42.5 cm³/mol. The van der Waals surface area contributed by atoms with Crippen LogP contribution in [0.1, 0.15) is 11.7 Å². The zero-order valence-electron chi connectivity index (χ0n) is 6.62. The molecule has 3 N–H and O–H groups in total. The summed E-state index contributed by atoms with van der Waals surface area (Å²) in [5.74, 6) is 0.345. The second kappa shape index (κ2) is 3.12. The smallest absolute Gasteiger partial charge is 0.222 e. The van der Waals surface area contributed by atoms with E-state index in [0.29, 0.717) is 12.5 Å². The average molecular weight is 169 g/mol. The molecule has 0 amide bonds. The van der Waals surface area contributed by atoms with Gasteiger partial charge in [-0.1, -0.05) is 5.16 Å². The van der Waals surface area contributed by atoms with E-state index < -0.39 is 0 Å². The largest absolute Gasteiger partial charge is 0.378 e. The van der Waals surface area contributed by atoms with Gasteiger partial charge in [-0.05, 0) is 0 Å². The second-order valence-corrected chi connectivity index (χ2v) is 2.74. The number of hydrogen-bond donors (Lipinski definition) is 2. The number of morpholine rings is 1. The third-order valence-electron chi connectivity index (χ3n) is 1.83. The van der Waals surface area contributed by atoms with Crippen LogP contribution < -0.4 is 11.1 Å². The van der Waals surface area contributed by atoms with Crippen molar-refractivity contribution in [2.45, 2.75) is 6.04 Å². The van der Waals surface area contributed by atoms with E-state index in [1.54, 1.807) is 6.07 Å². The molecule has 0 aromatic carbocycles. The minimum absolute atomic E-state index is 0.125. The Morgan fingerprint density at radius 2 is 2.58 bits per heavy atom. The third kappa shape index (κ3) is 1.41. The first-order valence-corrected chi connectivity index (χ1v) is 3.89. The summed E-state index contributed by atoms with van der Waals surface area (Å²) in [4.78, 5) is 0. The zero-order chi connectivity index (χ0) is 8.39. The van der Waals surface area contributed by atoms with E-state index in [0.717, 1.165) is 18.8 Å². The van der Waals surface area contributed by atoms with Gasteiger partial charge < -0.3 is 20.3 Å². The molecule has 1 aromatic heterocycles. The minimum Gasteiger partial charge on any atom is -0.378 e. The van der Waals surface area contributed by atoms with Crippen LogP contribution in [0.2, 0.25) is 0 Å². The standard InChI is InChI=1S/C7H11N3O2/c8-7-3-5(10-12-7)6-4-11-2-1-9-6/h3,6,9H,1-2,4,8H2. The third-order valence-corrected chi connectivity index (χ3v) is 1.83. The topological polar surface area (TPSA) is 73.3 Å². The van der Waals surface area contributed by atoms with E-state index >= 15 is 0 Å². The van der Waals surface area contributed by atoms with Gasteiger partial charge in [0.2, 0.25) is 5.88 Å². The lowest BCUT2D eigenvalue weighted by Gasteiger charge is -2.21. The van der Waals surface area contributed by atoms with Gasteiger partial charge in [0.05, 0.1) is 19.3 Å². The summed E-state index contributed by atoms with van der Waals surface area (Å²) < 4.78 is 10.0. The van der Waals surface area contributed by atoms with Crippen LogP contribution in [-0.4, -0.2) is 24.9 Å². The molecule has 0 aliphatic carbocycles. The zero-order valence-corrected chi connectivity index (χ0v) is 6.62. The number of aromatic nitrogens is 1. The fourth-order valence-electron chi connectivity index (χ4n) is 1.22. The van der Waals surface area contributed by atoms with Crippen molar-refractivity contribution in [1.82, 2.24) is 10.5 Å². The molecule has 5 nitrogen and oxygen atoms in total. The first-order chi connectivity index (χ1) is 5.86. The lowest BCUT2D eigenvalue weighted by molar-refractivity contribution is 0.0745. The number of nitrogen functional groups attached to an aromatic ring is 1. The summed E-state index contributed by atoms with van der Waals surface area (Å²) in [5, 5.41) is 7.04. The maximum Gasteiger partial charge on any atom is 0.222 e. The summed E-state index contributed by atoms with van der Waals surface area (Å²) in [6.07, 6.45) is 0. The molecular weight excluding hydrogens is 158 g/mol. The van der Waals surface area contributed by atoms with Crippen LogP contribution in [0.3, 0.4) is 0 Å². The summed E-state index contributed by atoms with van der Waals surface area (Å²) >= 11 is 0. The maximum absolute atomic E-state index is 5.39. The molecule has 2 heterocycles. The Morgan fingerprint density at radius 1 is 1.67 bits per heavy atom. The number of nitrogens with one attached hydrogen (secondary N) is 1. The van der Waals surface area contributed by atoms with Crippen molar-refractivity contribution in [2.24, 2.45) is 0 Å². The van der Waals surface area contributed by atoms with Crippen LogP contribution in [0.4, 0.5) is 5.88 Å².